The fourth-order valence-electron chi connectivity index (χ4n) is 2.03. The fourth-order valence-corrected chi connectivity index (χ4v) is 2.81. The molecule has 1 aromatic heterocycles. The van der Waals surface area contributed by atoms with Crippen molar-refractivity contribution < 1.29 is 4.74 Å². The standard InChI is InChI=1S/C11H19N3OS/c1-8-10(12)13-16-11(8)14(2)7-9-5-3-4-6-15-9/h9H,3-7H2,1-2H3,(H2,12,13). The molecule has 0 amide bonds. The molecule has 0 bridgehead atoms. The van der Waals surface area contributed by atoms with Crippen LogP contribution in [0.3, 0.4) is 0 Å². The molecule has 4 nitrogen and oxygen atoms in total. The molecule has 1 unspecified atom stereocenters. The highest BCUT2D eigenvalue weighted by atomic mass is 32.1. The zero-order chi connectivity index (χ0) is 11.5. The van der Waals surface area contributed by atoms with Gasteiger partial charge in [0.25, 0.3) is 0 Å². The van der Waals surface area contributed by atoms with E-state index in [2.05, 4.69) is 16.3 Å². The fraction of sp³-hybridized carbons (Fsp3) is 0.727. The van der Waals surface area contributed by atoms with Gasteiger partial charge in [0.1, 0.15) is 10.8 Å². The smallest absolute Gasteiger partial charge is 0.142 e. The van der Waals surface area contributed by atoms with Gasteiger partial charge in [-0.15, -0.1) is 0 Å². The molecule has 1 fully saturated rings. The molecule has 2 N–H and O–H groups in total. The van der Waals surface area contributed by atoms with Crippen molar-refractivity contribution >= 4 is 22.4 Å². The van der Waals surface area contributed by atoms with Gasteiger partial charge in [-0.05, 0) is 37.7 Å². The molecule has 0 aliphatic carbocycles. The summed E-state index contributed by atoms with van der Waals surface area (Å²) < 4.78 is 9.90. The summed E-state index contributed by atoms with van der Waals surface area (Å²) in [5.74, 6) is 0.649. The first-order valence-corrected chi connectivity index (χ1v) is 6.50. The minimum atomic E-state index is 0.362. The number of ether oxygens (including phenoxy) is 1. The second-order valence-electron chi connectivity index (χ2n) is 4.37. The second kappa shape index (κ2) is 5.01. The van der Waals surface area contributed by atoms with Crippen molar-refractivity contribution in [3.63, 3.8) is 0 Å². The Morgan fingerprint density at radius 2 is 2.38 bits per heavy atom. The zero-order valence-corrected chi connectivity index (χ0v) is 10.7. The lowest BCUT2D eigenvalue weighted by atomic mass is 10.1. The summed E-state index contributed by atoms with van der Waals surface area (Å²) in [5, 5.41) is 1.16. The topological polar surface area (TPSA) is 51.4 Å². The zero-order valence-electron chi connectivity index (χ0n) is 9.90. The molecule has 2 rings (SSSR count). The molecule has 1 atom stereocenters. The SMILES string of the molecule is Cc1c(N)nsc1N(C)CC1CCCCO1. The number of nitrogens with zero attached hydrogens (tertiary/aromatic N) is 2. The van der Waals surface area contributed by atoms with Gasteiger partial charge in [-0.3, -0.25) is 0 Å². The molecular weight excluding hydrogens is 222 g/mol. The van der Waals surface area contributed by atoms with Crippen LogP contribution in [0.1, 0.15) is 24.8 Å². The van der Waals surface area contributed by atoms with Crippen molar-refractivity contribution in [2.24, 2.45) is 0 Å². The van der Waals surface area contributed by atoms with Crippen LogP contribution in [0.2, 0.25) is 0 Å². The van der Waals surface area contributed by atoms with E-state index in [-0.39, 0.29) is 0 Å². The van der Waals surface area contributed by atoms with Gasteiger partial charge in [0.05, 0.1) is 6.10 Å². The first-order chi connectivity index (χ1) is 7.68. The molecule has 16 heavy (non-hydrogen) atoms. The van der Waals surface area contributed by atoms with Crippen LogP contribution in [-0.2, 0) is 4.74 Å². The summed E-state index contributed by atoms with van der Waals surface area (Å²) >= 11 is 1.47. The number of anilines is 2. The van der Waals surface area contributed by atoms with Gasteiger partial charge < -0.3 is 15.4 Å². The molecule has 1 aliphatic rings. The third-order valence-electron chi connectivity index (χ3n) is 3.03. The van der Waals surface area contributed by atoms with Crippen molar-refractivity contribution in [1.82, 2.24) is 4.37 Å². The Morgan fingerprint density at radius 1 is 1.56 bits per heavy atom. The molecule has 90 valence electrons. The Morgan fingerprint density at radius 3 is 2.94 bits per heavy atom. The summed E-state index contributed by atoms with van der Waals surface area (Å²) in [5.41, 5.74) is 6.84. The Hall–Kier alpha value is -0.810. The maximum absolute atomic E-state index is 5.75. The van der Waals surface area contributed by atoms with Crippen molar-refractivity contribution in [2.45, 2.75) is 32.3 Å². The lowest BCUT2D eigenvalue weighted by molar-refractivity contribution is 0.0217. The number of hydrogen-bond donors (Lipinski definition) is 1. The molecule has 1 saturated heterocycles. The molecule has 0 spiro atoms. The van der Waals surface area contributed by atoms with Gasteiger partial charge >= 0.3 is 0 Å². The summed E-state index contributed by atoms with van der Waals surface area (Å²) in [6.45, 7) is 3.86. The predicted molar refractivity (Wildman–Crippen MR) is 68.1 cm³/mol. The molecule has 1 aliphatic heterocycles. The van der Waals surface area contributed by atoms with E-state index in [1.54, 1.807) is 0 Å². The van der Waals surface area contributed by atoms with E-state index in [0.29, 0.717) is 11.9 Å². The highest BCUT2D eigenvalue weighted by Crippen LogP contribution is 2.29. The van der Waals surface area contributed by atoms with E-state index in [0.717, 1.165) is 30.1 Å². The van der Waals surface area contributed by atoms with Gasteiger partial charge in [0.2, 0.25) is 0 Å². The van der Waals surface area contributed by atoms with Crippen LogP contribution >= 0.6 is 11.5 Å². The largest absolute Gasteiger partial charge is 0.383 e. The van der Waals surface area contributed by atoms with Crippen LogP contribution in [0.4, 0.5) is 10.8 Å². The van der Waals surface area contributed by atoms with Crippen molar-refractivity contribution in [3.05, 3.63) is 5.56 Å². The Kier molecular flexibility index (Phi) is 3.66. The minimum absolute atomic E-state index is 0.362. The van der Waals surface area contributed by atoms with E-state index in [1.165, 1.54) is 24.4 Å². The average Bonchev–Trinajstić information content (AvgIpc) is 2.61. The van der Waals surface area contributed by atoms with E-state index in [1.807, 2.05) is 6.92 Å². The van der Waals surface area contributed by atoms with E-state index < -0.39 is 0 Å². The van der Waals surface area contributed by atoms with Gasteiger partial charge in [-0.25, -0.2) is 0 Å². The Labute approximate surface area is 101 Å². The summed E-state index contributed by atoms with van der Waals surface area (Å²) in [7, 11) is 2.08. The number of hydrogen-bond acceptors (Lipinski definition) is 5. The van der Waals surface area contributed by atoms with Crippen LogP contribution in [0, 0.1) is 6.92 Å². The van der Waals surface area contributed by atoms with Gasteiger partial charge in [0.15, 0.2) is 0 Å². The van der Waals surface area contributed by atoms with Gasteiger partial charge in [-0.1, -0.05) is 0 Å². The Bertz CT molecular complexity index is 347. The third kappa shape index (κ3) is 2.47. The minimum Gasteiger partial charge on any atom is -0.383 e. The normalized spacial score (nSPS) is 21.0. The van der Waals surface area contributed by atoms with Crippen LogP contribution in [0.25, 0.3) is 0 Å². The maximum Gasteiger partial charge on any atom is 0.142 e. The third-order valence-corrected chi connectivity index (χ3v) is 4.11. The van der Waals surface area contributed by atoms with Crippen molar-refractivity contribution in [1.29, 1.82) is 0 Å². The number of nitrogens with two attached hydrogens (primary N) is 1. The number of likely N-dealkylation sites (N-methyl/N-ethyl adjacent to an activating group) is 1. The lowest BCUT2D eigenvalue weighted by Crippen LogP contribution is -2.33. The molecule has 5 heteroatoms. The highest BCUT2D eigenvalue weighted by Gasteiger charge is 2.18. The summed E-state index contributed by atoms with van der Waals surface area (Å²) in [6, 6.07) is 0. The highest BCUT2D eigenvalue weighted by molar-refractivity contribution is 7.10. The molecule has 0 saturated carbocycles. The predicted octanol–water partition coefficient (Wildman–Crippen LogP) is 2.04. The lowest BCUT2D eigenvalue weighted by Gasteiger charge is -2.27. The number of rotatable bonds is 3. The van der Waals surface area contributed by atoms with Crippen LogP contribution < -0.4 is 10.6 Å². The molecule has 0 aromatic carbocycles. The first-order valence-electron chi connectivity index (χ1n) is 5.73. The number of aromatic nitrogens is 1. The van der Waals surface area contributed by atoms with E-state index in [4.69, 9.17) is 10.5 Å². The summed E-state index contributed by atoms with van der Waals surface area (Å²) in [4.78, 5) is 2.21. The van der Waals surface area contributed by atoms with Crippen LogP contribution in [0.15, 0.2) is 0 Å². The van der Waals surface area contributed by atoms with Gasteiger partial charge in [0, 0.05) is 25.8 Å². The van der Waals surface area contributed by atoms with E-state index >= 15 is 0 Å². The average molecular weight is 241 g/mol. The Balaban J connectivity index is 1.96. The van der Waals surface area contributed by atoms with Crippen molar-refractivity contribution in [3.8, 4) is 0 Å². The van der Waals surface area contributed by atoms with Crippen molar-refractivity contribution in [2.75, 3.05) is 30.8 Å². The molecule has 0 radical (unpaired) electrons. The summed E-state index contributed by atoms with van der Waals surface area (Å²) in [6.07, 6.45) is 4.01. The number of nitrogen functional groups attached to an aromatic ring is 1. The van der Waals surface area contributed by atoms with E-state index in [9.17, 15) is 0 Å². The van der Waals surface area contributed by atoms with Crippen LogP contribution in [-0.4, -0.2) is 30.7 Å². The maximum atomic E-state index is 5.75. The van der Waals surface area contributed by atoms with Gasteiger partial charge in [-0.2, -0.15) is 4.37 Å². The van der Waals surface area contributed by atoms with Crippen LogP contribution in [0.5, 0.6) is 0 Å². The molecule has 2 heterocycles. The quantitative estimate of drug-likeness (QED) is 0.880. The second-order valence-corrected chi connectivity index (χ2v) is 5.12. The molecular formula is C11H19N3OS. The molecule has 1 aromatic rings. The first kappa shape index (κ1) is 11.7. The monoisotopic (exact) mass is 241 g/mol.